The number of carbonyl (C=O) groups is 2. The van der Waals surface area contributed by atoms with E-state index < -0.39 is 27.9 Å². The van der Waals surface area contributed by atoms with Gasteiger partial charge in [-0.25, -0.2) is 13.2 Å². The molecule has 8 nitrogen and oxygen atoms in total. The van der Waals surface area contributed by atoms with E-state index in [1.54, 1.807) is 13.8 Å². The summed E-state index contributed by atoms with van der Waals surface area (Å²) in [6.07, 6.45) is 0.864. The van der Waals surface area contributed by atoms with Crippen molar-refractivity contribution < 1.29 is 22.7 Å². The van der Waals surface area contributed by atoms with E-state index in [-0.39, 0.29) is 33.5 Å². The number of ether oxygens (including phenoxy) is 1. The van der Waals surface area contributed by atoms with Crippen molar-refractivity contribution in [3.63, 3.8) is 0 Å². The summed E-state index contributed by atoms with van der Waals surface area (Å²) in [5.74, 6) is -1.13. The van der Waals surface area contributed by atoms with Crippen molar-refractivity contribution in [1.82, 2.24) is 4.31 Å². The van der Waals surface area contributed by atoms with Gasteiger partial charge in [0, 0.05) is 11.6 Å². The van der Waals surface area contributed by atoms with Gasteiger partial charge in [0.05, 0.1) is 17.1 Å². The number of sulfonamides is 1. The van der Waals surface area contributed by atoms with Crippen molar-refractivity contribution in [3.05, 3.63) is 45.3 Å². The molecule has 2 aromatic rings. The maximum atomic E-state index is 13.0. The van der Waals surface area contributed by atoms with Crippen LogP contribution < -0.4 is 5.32 Å². The Hall–Kier alpha value is -2.45. The molecule has 0 saturated carbocycles. The minimum atomic E-state index is -3.90. The molecule has 1 N–H and O–H groups in total. The summed E-state index contributed by atoms with van der Waals surface area (Å²) in [5, 5.41) is 12.7. The molecule has 31 heavy (non-hydrogen) atoms. The number of amides is 1. The molecule has 1 saturated heterocycles. The van der Waals surface area contributed by atoms with E-state index in [0.29, 0.717) is 23.4 Å². The maximum absolute atomic E-state index is 13.0. The molecule has 3 rings (SSSR count). The third kappa shape index (κ3) is 4.60. The summed E-state index contributed by atoms with van der Waals surface area (Å²) in [7, 11) is -3.90. The van der Waals surface area contributed by atoms with Crippen LogP contribution in [0.4, 0.5) is 5.00 Å². The Kier molecular flexibility index (Phi) is 7.01. The van der Waals surface area contributed by atoms with Crippen molar-refractivity contribution in [2.45, 2.75) is 37.6 Å². The molecule has 0 aliphatic carbocycles. The molecule has 1 aromatic heterocycles. The molecule has 0 spiro atoms. The van der Waals surface area contributed by atoms with Crippen LogP contribution in [0.5, 0.6) is 0 Å². The molecule has 1 atom stereocenters. The number of benzene rings is 1. The molecule has 1 amide bonds. The average Bonchev–Trinajstić information content (AvgIpc) is 3.34. The standard InChI is InChI=1S/C20H20ClN3O5S2/c1-3-29-20(26)17-12(2)15(11-22)19(30-17)23-18(25)16-5-4-10-24(16)31(27,28)14-8-6-13(21)7-9-14/h6-9,16H,3-5,10H2,1-2H3,(H,23,25). The zero-order valence-electron chi connectivity index (χ0n) is 16.8. The lowest BCUT2D eigenvalue weighted by atomic mass is 10.1. The first-order valence-electron chi connectivity index (χ1n) is 9.49. The van der Waals surface area contributed by atoms with Crippen LogP contribution in [-0.4, -0.2) is 43.8 Å². The van der Waals surface area contributed by atoms with Gasteiger partial charge in [0.25, 0.3) is 0 Å². The highest BCUT2D eigenvalue weighted by molar-refractivity contribution is 7.89. The molecule has 1 aliphatic rings. The molecule has 2 heterocycles. The molecule has 0 radical (unpaired) electrons. The summed E-state index contributed by atoms with van der Waals surface area (Å²) in [6.45, 7) is 3.65. The molecule has 1 aliphatic heterocycles. The van der Waals surface area contributed by atoms with Gasteiger partial charge in [0.15, 0.2) is 0 Å². The minimum Gasteiger partial charge on any atom is -0.462 e. The average molecular weight is 482 g/mol. The first-order chi connectivity index (χ1) is 14.7. The van der Waals surface area contributed by atoms with Crippen LogP contribution in [-0.2, 0) is 19.6 Å². The van der Waals surface area contributed by atoms with Gasteiger partial charge in [0.2, 0.25) is 15.9 Å². The summed E-state index contributed by atoms with van der Waals surface area (Å²) >= 11 is 6.79. The Morgan fingerprint density at radius 1 is 1.35 bits per heavy atom. The molecule has 164 valence electrons. The van der Waals surface area contributed by atoms with Gasteiger partial charge in [-0.15, -0.1) is 11.3 Å². The van der Waals surface area contributed by atoms with Crippen LogP contribution >= 0.6 is 22.9 Å². The van der Waals surface area contributed by atoms with Gasteiger partial charge in [-0.2, -0.15) is 9.57 Å². The lowest BCUT2D eigenvalue weighted by Crippen LogP contribution is -2.43. The normalized spacial score (nSPS) is 16.6. The van der Waals surface area contributed by atoms with E-state index in [4.69, 9.17) is 16.3 Å². The van der Waals surface area contributed by atoms with Crippen molar-refractivity contribution in [3.8, 4) is 6.07 Å². The van der Waals surface area contributed by atoms with E-state index in [2.05, 4.69) is 5.32 Å². The van der Waals surface area contributed by atoms with E-state index >= 15 is 0 Å². The van der Waals surface area contributed by atoms with Crippen molar-refractivity contribution in [2.24, 2.45) is 0 Å². The predicted octanol–water partition coefficient (Wildman–Crippen LogP) is 3.55. The molecule has 1 unspecified atom stereocenters. The maximum Gasteiger partial charge on any atom is 0.348 e. The van der Waals surface area contributed by atoms with Gasteiger partial charge >= 0.3 is 5.97 Å². The number of carbonyl (C=O) groups excluding carboxylic acids is 2. The quantitative estimate of drug-likeness (QED) is 0.630. The van der Waals surface area contributed by atoms with Crippen molar-refractivity contribution >= 4 is 49.8 Å². The Balaban J connectivity index is 1.86. The number of esters is 1. The van der Waals surface area contributed by atoms with Crippen LogP contribution in [0.15, 0.2) is 29.2 Å². The largest absolute Gasteiger partial charge is 0.462 e. The lowest BCUT2D eigenvalue weighted by Gasteiger charge is -2.23. The fourth-order valence-corrected chi connectivity index (χ4v) is 6.19. The van der Waals surface area contributed by atoms with E-state index in [1.807, 2.05) is 6.07 Å². The minimum absolute atomic E-state index is 0.0471. The molecular formula is C20H20ClN3O5S2. The molecule has 0 bridgehead atoms. The Bertz CT molecular complexity index is 1150. The van der Waals surface area contributed by atoms with Crippen LogP contribution in [0, 0.1) is 18.3 Å². The van der Waals surface area contributed by atoms with Gasteiger partial charge in [-0.3, -0.25) is 4.79 Å². The van der Waals surface area contributed by atoms with Gasteiger partial charge < -0.3 is 10.1 Å². The van der Waals surface area contributed by atoms with Crippen LogP contribution in [0.25, 0.3) is 0 Å². The van der Waals surface area contributed by atoms with Gasteiger partial charge in [0.1, 0.15) is 22.0 Å². The zero-order valence-corrected chi connectivity index (χ0v) is 19.2. The number of hydrogen-bond acceptors (Lipinski definition) is 7. The number of thiophene rings is 1. The Morgan fingerprint density at radius 2 is 2.03 bits per heavy atom. The second-order valence-corrected chi connectivity index (χ2v) is 10.2. The van der Waals surface area contributed by atoms with Crippen molar-refractivity contribution in [1.29, 1.82) is 5.26 Å². The summed E-state index contributed by atoms with van der Waals surface area (Å²) in [5.41, 5.74) is 0.574. The molecular weight excluding hydrogens is 462 g/mol. The number of nitriles is 1. The second-order valence-electron chi connectivity index (χ2n) is 6.81. The zero-order chi connectivity index (χ0) is 22.8. The summed E-state index contributed by atoms with van der Waals surface area (Å²) in [6, 6.07) is 6.81. The van der Waals surface area contributed by atoms with Gasteiger partial charge in [-0.1, -0.05) is 11.6 Å². The smallest absolute Gasteiger partial charge is 0.348 e. The third-order valence-corrected chi connectivity index (χ3v) is 8.24. The van der Waals surface area contributed by atoms with Crippen LogP contribution in [0.2, 0.25) is 5.02 Å². The molecule has 1 aromatic carbocycles. The first kappa shape index (κ1) is 23.2. The highest BCUT2D eigenvalue weighted by Gasteiger charge is 2.40. The lowest BCUT2D eigenvalue weighted by molar-refractivity contribution is -0.119. The SMILES string of the molecule is CCOC(=O)c1sc(NC(=O)C2CCCN2S(=O)(=O)c2ccc(Cl)cc2)c(C#N)c1C. The van der Waals surface area contributed by atoms with Crippen LogP contribution in [0.3, 0.4) is 0 Å². The topological polar surface area (TPSA) is 117 Å². The fourth-order valence-electron chi connectivity index (χ4n) is 3.35. The number of hydrogen-bond donors (Lipinski definition) is 1. The van der Waals surface area contributed by atoms with E-state index in [9.17, 15) is 23.3 Å². The Morgan fingerprint density at radius 3 is 2.65 bits per heavy atom. The molecule has 11 heteroatoms. The summed E-state index contributed by atoms with van der Waals surface area (Å²) < 4.78 is 32.3. The van der Waals surface area contributed by atoms with E-state index in [0.717, 1.165) is 15.6 Å². The summed E-state index contributed by atoms with van der Waals surface area (Å²) in [4.78, 5) is 25.4. The molecule has 1 fully saturated rings. The van der Waals surface area contributed by atoms with Crippen molar-refractivity contribution in [2.75, 3.05) is 18.5 Å². The highest BCUT2D eigenvalue weighted by Crippen LogP contribution is 2.34. The van der Waals surface area contributed by atoms with Gasteiger partial charge in [-0.05, 0) is 56.5 Å². The first-order valence-corrected chi connectivity index (χ1v) is 12.1. The third-order valence-electron chi connectivity index (χ3n) is 4.88. The number of anilines is 1. The highest BCUT2D eigenvalue weighted by atomic mass is 35.5. The predicted molar refractivity (Wildman–Crippen MR) is 117 cm³/mol. The number of halogens is 1. The second kappa shape index (κ2) is 9.36. The Labute approximate surface area is 189 Å². The van der Waals surface area contributed by atoms with Crippen LogP contribution in [0.1, 0.15) is 40.6 Å². The number of rotatable bonds is 6. The monoisotopic (exact) mass is 481 g/mol. The number of nitrogens with zero attached hydrogens (tertiary/aromatic N) is 2. The van der Waals surface area contributed by atoms with E-state index in [1.165, 1.54) is 24.3 Å². The fraction of sp³-hybridized carbons (Fsp3) is 0.350. The number of nitrogens with one attached hydrogen (secondary N) is 1.